The molecule has 0 aromatic heterocycles. The molecule has 0 fully saturated rings. The van der Waals surface area contributed by atoms with Crippen molar-refractivity contribution in [3.8, 4) is 5.75 Å². The lowest BCUT2D eigenvalue weighted by atomic mass is 9.69. The molecule has 1 aliphatic heterocycles. The summed E-state index contributed by atoms with van der Waals surface area (Å²) in [7, 11) is 9.61. The van der Waals surface area contributed by atoms with Crippen LogP contribution in [0.2, 0.25) is 0 Å². The minimum absolute atomic E-state index is 0.0773. The van der Waals surface area contributed by atoms with Crippen LogP contribution in [-0.4, -0.2) is 69.8 Å². The van der Waals surface area contributed by atoms with Gasteiger partial charge in [-0.05, 0) is 58.7 Å². The predicted molar refractivity (Wildman–Crippen MR) is 123 cm³/mol. The number of methoxy groups -OCH3 is 1. The van der Waals surface area contributed by atoms with E-state index in [9.17, 15) is 9.59 Å². The van der Waals surface area contributed by atoms with Crippen molar-refractivity contribution in [2.24, 2.45) is 11.8 Å². The van der Waals surface area contributed by atoms with Gasteiger partial charge in [-0.2, -0.15) is 0 Å². The summed E-state index contributed by atoms with van der Waals surface area (Å²) < 4.78 is 11.6. The van der Waals surface area contributed by atoms with Crippen LogP contribution >= 0.6 is 0 Å². The van der Waals surface area contributed by atoms with Crippen LogP contribution < -0.4 is 4.74 Å². The van der Waals surface area contributed by atoms with Gasteiger partial charge in [0.1, 0.15) is 17.3 Å². The fraction of sp³-hybridized carbons (Fsp3) is 0.538. The molecule has 6 nitrogen and oxygen atoms in total. The molecule has 0 spiro atoms. The van der Waals surface area contributed by atoms with Gasteiger partial charge in [-0.15, -0.1) is 0 Å². The average molecular weight is 439 g/mol. The van der Waals surface area contributed by atoms with Crippen molar-refractivity contribution >= 4 is 11.6 Å². The summed E-state index contributed by atoms with van der Waals surface area (Å²) >= 11 is 0. The van der Waals surface area contributed by atoms with Crippen LogP contribution in [-0.2, 0) is 14.3 Å². The Balaban J connectivity index is 1.79. The van der Waals surface area contributed by atoms with Gasteiger partial charge in [-0.1, -0.05) is 12.1 Å². The number of ether oxygens (including phenoxy) is 2. The number of hydrogen-bond donors (Lipinski definition) is 0. The molecule has 0 saturated heterocycles. The van der Waals surface area contributed by atoms with Gasteiger partial charge in [0.25, 0.3) is 0 Å². The zero-order chi connectivity index (χ0) is 23.0. The van der Waals surface area contributed by atoms with E-state index < -0.39 is 0 Å². The van der Waals surface area contributed by atoms with Crippen LogP contribution in [0.4, 0.5) is 0 Å². The predicted octanol–water partition coefficient (Wildman–Crippen LogP) is 3.40. The van der Waals surface area contributed by atoms with E-state index in [0.29, 0.717) is 24.2 Å². The molecule has 1 aromatic carbocycles. The molecule has 4 rings (SSSR count). The molecule has 6 heteroatoms. The van der Waals surface area contributed by atoms with E-state index in [1.807, 2.05) is 52.5 Å². The lowest BCUT2D eigenvalue weighted by molar-refractivity contribution is -0.122. The number of allylic oxidation sites excluding steroid dienone is 4. The largest absolute Gasteiger partial charge is 0.497 e. The van der Waals surface area contributed by atoms with E-state index in [-0.39, 0.29) is 29.3 Å². The number of carbonyl (C=O) groups is 2. The molecular weight excluding hydrogens is 404 g/mol. The standard InChI is InChI=1S/C26H34N2O4/c1-27(2)14-17-8-12-20-23(25(17)29)22(16-6-10-19(31-5)11-7-16)24-21(32-20)13-9-18(26(24)30)15-28(3)4/h6-7,10-11,17-18,22H,8-9,12-15H2,1-5H3. The Hall–Kier alpha value is -2.44. The summed E-state index contributed by atoms with van der Waals surface area (Å²) in [6, 6.07) is 7.77. The molecule has 0 bridgehead atoms. The normalized spacial score (nSPS) is 25.8. The van der Waals surface area contributed by atoms with E-state index in [1.165, 1.54) is 0 Å². The molecule has 3 aliphatic rings. The van der Waals surface area contributed by atoms with Crippen LogP contribution in [0.15, 0.2) is 46.9 Å². The molecule has 0 N–H and O–H groups in total. The molecule has 32 heavy (non-hydrogen) atoms. The Bertz CT molecular complexity index is 905. The first-order valence-corrected chi connectivity index (χ1v) is 11.5. The maximum absolute atomic E-state index is 13.7. The summed E-state index contributed by atoms with van der Waals surface area (Å²) in [4.78, 5) is 31.5. The van der Waals surface area contributed by atoms with Crippen molar-refractivity contribution in [1.82, 2.24) is 9.80 Å². The molecule has 0 radical (unpaired) electrons. The SMILES string of the molecule is COc1ccc(C2C3=C(CCC(CN(C)C)C3=O)OC3=C2C(=O)C(CN(C)C)CC3)cc1. The number of nitrogens with zero attached hydrogens (tertiary/aromatic N) is 2. The van der Waals surface area contributed by atoms with E-state index in [2.05, 4.69) is 9.80 Å². The highest BCUT2D eigenvalue weighted by molar-refractivity contribution is 6.07. The minimum Gasteiger partial charge on any atom is -0.497 e. The second-order valence-corrected chi connectivity index (χ2v) is 9.71. The van der Waals surface area contributed by atoms with Gasteiger partial charge in [-0.3, -0.25) is 9.59 Å². The molecule has 0 amide bonds. The maximum Gasteiger partial charge on any atom is 0.167 e. The zero-order valence-electron chi connectivity index (χ0n) is 19.8. The third-order valence-corrected chi connectivity index (χ3v) is 6.76. The topological polar surface area (TPSA) is 59.1 Å². The monoisotopic (exact) mass is 438 g/mol. The Morgan fingerprint density at radius 3 is 1.72 bits per heavy atom. The molecule has 2 aliphatic carbocycles. The van der Waals surface area contributed by atoms with Crippen molar-refractivity contribution in [3.05, 3.63) is 52.5 Å². The lowest BCUT2D eigenvalue weighted by Crippen LogP contribution is -2.40. The molecule has 2 atom stereocenters. The Kier molecular flexibility index (Phi) is 6.54. The van der Waals surface area contributed by atoms with Crippen LogP contribution in [0.25, 0.3) is 0 Å². The van der Waals surface area contributed by atoms with E-state index in [4.69, 9.17) is 9.47 Å². The summed E-state index contributed by atoms with van der Waals surface area (Å²) in [6.45, 7) is 1.40. The lowest BCUT2D eigenvalue weighted by Gasteiger charge is -2.40. The number of benzene rings is 1. The molecule has 172 valence electrons. The highest BCUT2D eigenvalue weighted by Crippen LogP contribution is 2.49. The highest BCUT2D eigenvalue weighted by atomic mass is 16.5. The first-order chi connectivity index (χ1) is 15.3. The van der Waals surface area contributed by atoms with Gasteiger partial charge in [0.05, 0.1) is 7.11 Å². The Morgan fingerprint density at radius 2 is 1.31 bits per heavy atom. The van der Waals surface area contributed by atoms with E-state index >= 15 is 0 Å². The molecule has 0 saturated carbocycles. The van der Waals surface area contributed by atoms with Gasteiger partial charge in [0, 0.05) is 54.8 Å². The fourth-order valence-corrected chi connectivity index (χ4v) is 5.33. The zero-order valence-corrected chi connectivity index (χ0v) is 19.8. The van der Waals surface area contributed by atoms with Crippen molar-refractivity contribution in [2.45, 2.75) is 31.6 Å². The fourth-order valence-electron chi connectivity index (χ4n) is 5.33. The summed E-state index contributed by atoms with van der Waals surface area (Å²) in [5, 5.41) is 0. The Labute approximate surface area is 190 Å². The summed E-state index contributed by atoms with van der Waals surface area (Å²) in [5.74, 6) is 2.01. The first kappa shape index (κ1) is 22.7. The Morgan fingerprint density at radius 1 is 0.844 bits per heavy atom. The number of hydrogen-bond acceptors (Lipinski definition) is 6. The van der Waals surface area contributed by atoms with Crippen molar-refractivity contribution in [2.75, 3.05) is 48.4 Å². The van der Waals surface area contributed by atoms with E-state index in [0.717, 1.165) is 48.5 Å². The van der Waals surface area contributed by atoms with Gasteiger partial charge in [0.2, 0.25) is 0 Å². The molecule has 1 aromatic rings. The third kappa shape index (κ3) is 4.26. The smallest absolute Gasteiger partial charge is 0.167 e. The number of rotatable bonds is 6. The molecular formula is C26H34N2O4. The van der Waals surface area contributed by atoms with Crippen molar-refractivity contribution < 1.29 is 19.1 Å². The number of Topliss-reactive ketones (excluding diaryl/α,β-unsaturated/α-hetero) is 2. The number of carbonyl (C=O) groups excluding carboxylic acids is 2. The maximum atomic E-state index is 13.7. The minimum atomic E-state index is -0.366. The van der Waals surface area contributed by atoms with Gasteiger partial charge < -0.3 is 19.3 Å². The first-order valence-electron chi connectivity index (χ1n) is 11.5. The van der Waals surface area contributed by atoms with Gasteiger partial charge >= 0.3 is 0 Å². The average Bonchev–Trinajstić information content (AvgIpc) is 2.76. The number of ketones is 2. The van der Waals surface area contributed by atoms with Crippen LogP contribution in [0.1, 0.15) is 37.2 Å². The van der Waals surface area contributed by atoms with Crippen LogP contribution in [0.3, 0.4) is 0 Å². The van der Waals surface area contributed by atoms with E-state index in [1.54, 1.807) is 7.11 Å². The highest BCUT2D eigenvalue weighted by Gasteiger charge is 2.46. The molecule has 2 unspecified atom stereocenters. The molecule has 1 heterocycles. The van der Waals surface area contributed by atoms with Crippen molar-refractivity contribution in [1.29, 1.82) is 0 Å². The quantitative estimate of drug-likeness (QED) is 0.679. The van der Waals surface area contributed by atoms with Crippen molar-refractivity contribution in [3.63, 3.8) is 0 Å². The third-order valence-electron chi connectivity index (χ3n) is 6.76. The van der Waals surface area contributed by atoms with Gasteiger partial charge in [0.15, 0.2) is 11.6 Å². The van der Waals surface area contributed by atoms with Crippen LogP contribution in [0.5, 0.6) is 5.75 Å². The second kappa shape index (κ2) is 9.20. The van der Waals surface area contributed by atoms with Crippen LogP contribution in [0, 0.1) is 11.8 Å². The van der Waals surface area contributed by atoms with Gasteiger partial charge in [-0.25, -0.2) is 0 Å². The summed E-state index contributed by atoms with van der Waals surface area (Å²) in [6.07, 6.45) is 3.03. The second-order valence-electron chi connectivity index (χ2n) is 9.71. The summed E-state index contributed by atoms with van der Waals surface area (Å²) in [5.41, 5.74) is 2.32.